The van der Waals surface area contributed by atoms with Crippen molar-refractivity contribution in [2.75, 3.05) is 25.4 Å². The number of rotatable bonds is 5. The van der Waals surface area contributed by atoms with Gasteiger partial charge in [-0.15, -0.1) is 0 Å². The Kier molecular flexibility index (Phi) is 5.66. The third-order valence-corrected chi connectivity index (χ3v) is 4.15. The number of aromatic nitrogens is 1. The Labute approximate surface area is 119 Å². The van der Waals surface area contributed by atoms with Crippen molar-refractivity contribution in [2.24, 2.45) is 0 Å². The summed E-state index contributed by atoms with van der Waals surface area (Å²) in [6.45, 7) is 4.71. The molecule has 19 heavy (non-hydrogen) atoms. The Balaban J connectivity index is 1.64. The molecule has 1 amide bonds. The van der Waals surface area contributed by atoms with E-state index in [2.05, 4.69) is 17.2 Å². The first-order valence-corrected chi connectivity index (χ1v) is 7.90. The molecule has 104 valence electrons. The molecule has 1 aromatic rings. The van der Waals surface area contributed by atoms with Gasteiger partial charge in [-0.1, -0.05) is 6.07 Å². The van der Waals surface area contributed by atoms with Crippen molar-refractivity contribution in [3.63, 3.8) is 0 Å². The first kappa shape index (κ1) is 14.3. The predicted molar refractivity (Wildman–Crippen MR) is 79.1 cm³/mol. The molecule has 1 N–H and O–H groups in total. The maximum absolute atomic E-state index is 12.0. The molecule has 1 atom stereocenters. The lowest BCUT2D eigenvalue weighted by Crippen LogP contribution is -2.51. The van der Waals surface area contributed by atoms with Gasteiger partial charge in [0.25, 0.3) is 0 Å². The van der Waals surface area contributed by atoms with Gasteiger partial charge in [-0.2, -0.15) is 11.8 Å². The molecular weight excluding hydrogens is 258 g/mol. The van der Waals surface area contributed by atoms with Gasteiger partial charge >= 0.3 is 0 Å². The highest BCUT2D eigenvalue weighted by atomic mass is 32.2. The first-order chi connectivity index (χ1) is 9.25. The summed E-state index contributed by atoms with van der Waals surface area (Å²) < 4.78 is 0. The van der Waals surface area contributed by atoms with Crippen molar-refractivity contribution < 1.29 is 4.79 Å². The molecule has 0 spiro atoms. The number of thioether (sulfide) groups is 1. The molecule has 0 bridgehead atoms. The van der Waals surface area contributed by atoms with Crippen LogP contribution in [0.2, 0.25) is 0 Å². The lowest BCUT2D eigenvalue weighted by molar-refractivity contribution is -0.131. The van der Waals surface area contributed by atoms with Crippen LogP contribution < -0.4 is 5.32 Å². The smallest absolute Gasteiger partial charge is 0.223 e. The largest absolute Gasteiger partial charge is 0.340 e. The minimum Gasteiger partial charge on any atom is -0.340 e. The summed E-state index contributed by atoms with van der Waals surface area (Å²) in [5.74, 6) is 2.03. The average molecular weight is 279 g/mol. The molecule has 1 aliphatic heterocycles. The lowest BCUT2D eigenvalue weighted by Gasteiger charge is -2.31. The summed E-state index contributed by atoms with van der Waals surface area (Å²) in [5, 5.41) is 3.35. The average Bonchev–Trinajstić information content (AvgIpc) is 2.44. The Hall–Kier alpha value is -1.07. The van der Waals surface area contributed by atoms with Crippen LogP contribution in [0.15, 0.2) is 24.4 Å². The van der Waals surface area contributed by atoms with E-state index in [-0.39, 0.29) is 5.91 Å². The molecule has 1 fully saturated rings. The first-order valence-electron chi connectivity index (χ1n) is 6.74. The Bertz CT molecular complexity index is 399. The van der Waals surface area contributed by atoms with Crippen LogP contribution in [0.1, 0.15) is 19.0 Å². The molecule has 1 saturated heterocycles. The van der Waals surface area contributed by atoms with E-state index in [0.29, 0.717) is 12.5 Å². The standard InChI is InChI=1S/C14H21N3OS/c1-12-10-17(8-7-15-12)14(18)5-9-19-11-13-4-2-3-6-16-13/h2-4,6,12,15H,5,7-11H2,1H3. The highest BCUT2D eigenvalue weighted by Crippen LogP contribution is 2.12. The van der Waals surface area contributed by atoms with E-state index in [1.54, 1.807) is 11.8 Å². The van der Waals surface area contributed by atoms with Crippen LogP contribution >= 0.6 is 11.8 Å². The van der Waals surface area contributed by atoms with Gasteiger partial charge in [0.05, 0.1) is 5.69 Å². The zero-order valence-electron chi connectivity index (χ0n) is 11.3. The molecule has 0 aromatic carbocycles. The molecule has 2 heterocycles. The zero-order chi connectivity index (χ0) is 13.5. The van der Waals surface area contributed by atoms with Crippen molar-refractivity contribution in [3.8, 4) is 0 Å². The minimum absolute atomic E-state index is 0.280. The number of carbonyl (C=O) groups excluding carboxylic acids is 1. The van der Waals surface area contributed by atoms with Gasteiger partial charge < -0.3 is 10.2 Å². The highest BCUT2D eigenvalue weighted by molar-refractivity contribution is 7.98. The molecule has 2 rings (SSSR count). The van der Waals surface area contributed by atoms with E-state index < -0.39 is 0 Å². The van der Waals surface area contributed by atoms with Crippen LogP contribution in [0, 0.1) is 0 Å². The summed E-state index contributed by atoms with van der Waals surface area (Å²) in [7, 11) is 0. The number of nitrogens with zero attached hydrogens (tertiary/aromatic N) is 2. The fourth-order valence-corrected chi connectivity index (χ4v) is 2.98. The van der Waals surface area contributed by atoms with E-state index in [1.807, 2.05) is 29.3 Å². The van der Waals surface area contributed by atoms with Crippen molar-refractivity contribution in [2.45, 2.75) is 25.1 Å². The summed E-state index contributed by atoms with van der Waals surface area (Å²) in [5.41, 5.74) is 1.08. The van der Waals surface area contributed by atoms with Gasteiger partial charge in [0.2, 0.25) is 5.91 Å². The fourth-order valence-electron chi connectivity index (χ4n) is 2.14. The molecule has 1 unspecified atom stereocenters. The fraction of sp³-hybridized carbons (Fsp3) is 0.571. The molecule has 1 aliphatic rings. The Morgan fingerprint density at radius 1 is 1.58 bits per heavy atom. The van der Waals surface area contributed by atoms with Gasteiger partial charge in [0.1, 0.15) is 0 Å². The van der Waals surface area contributed by atoms with Gasteiger partial charge in [-0.25, -0.2) is 0 Å². The maximum Gasteiger partial charge on any atom is 0.223 e. The van der Waals surface area contributed by atoms with Gasteiger partial charge in [0, 0.05) is 49.8 Å². The lowest BCUT2D eigenvalue weighted by atomic mass is 10.2. The number of nitrogens with one attached hydrogen (secondary N) is 1. The normalized spacial score (nSPS) is 19.4. The van der Waals surface area contributed by atoms with Crippen LogP contribution in [0.5, 0.6) is 0 Å². The Morgan fingerprint density at radius 2 is 2.47 bits per heavy atom. The molecule has 4 nitrogen and oxygen atoms in total. The summed E-state index contributed by atoms with van der Waals surface area (Å²) in [6.07, 6.45) is 2.44. The van der Waals surface area contributed by atoms with E-state index in [9.17, 15) is 4.79 Å². The number of carbonyl (C=O) groups is 1. The molecular formula is C14H21N3OS. The van der Waals surface area contributed by atoms with Gasteiger partial charge in [-0.3, -0.25) is 9.78 Å². The van der Waals surface area contributed by atoms with Gasteiger partial charge in [0.15, 0.2) is 0 Å². The minimum atomic E-state index is 0.280. The number of piperazine rings is 1. The topological polar surface area (TPSA) is 45.2 Å². The molecule has 1 aromatic heterocycles. The maximum atomic E-state index is 12.0. The van der Waals surface area contributed by atoms with Crippen molar-refractivity contribution in [1.29, 1.82) is 0 Å². The number of hydrogen-bond donors (Lipinski definition) is 1. The Morgan fingerprint density at radius 3 is 3.21 bits per heavy atom. The highest BCUT2D eigenvalue weighted by Gasteiger charge is 2.19. The molecule has 0 saturated carbocycles. The number of hydrogen-bond acceptors (Lipinski definition) is 4. The van der Waals surface area contributed by atoms with E-state index in [4.69, 9.17) is 0 Å². The third-order valence-electron chi connectivity index (χ3n) is 3.16. The second-order valence-electron chi connectivity index (χ2n) is 4.82. The van der Waals surface area contributed by atoms with Crippen LogP contribution in [-0.4, -0.2) is 47.2 Å². The zero-order valence-corrected chi connectivity index (χ0v) is 12.2. The van der Waals surface area contributed by atoms with Crippen molar-refractivity contribution in [1.82, 2.24) is 15.2 Å². The van der Waals surface area contributed by atoms with Crippen LogP contribution in [0.25, 0.3) is 0 Å². The number of amides is 1. The predicted octanol–water partition coefficient (Wildman–Crippen LogP) is 1.53. The SMILES string of the molecule is CC1CN(C(=O)CCSCc2ccccn2)CCN1. The molecule has 0 aliphatic carbocycles. The van der Waals surface area contributed by atoms with E-state index in [1.165, 1.54) is 0 Å². The van der Waals surface area contributed by atoms with E-state index >= 15 is 0 Å². The molecule has 5 heteroatoms. The number of pyridine rings is 1. The van der Waals surface area contributed by atoms with Crippen LogP contribution in [0.4, 0.5) is 0 Å². The second kappa shape index (κ2) is 7.50. The van der Waals surface area contributed by atoms with Crippen LogP contribution in [0.3, 0.4) is 0 Å². The van der Waals surface area contributed by atoms with Crippen molar-refractivity contribution >= 4 is 17.7 Å². The van der Waals surface area contributed by atoms with E-state index in [0.717, 1.165) is 36.8 Å². The second-order valence-corrected chi connectivity index (χ2v) is 5.92. The van der Waals surface area contributed by atoms with Crippen LogP contribution in [-0.2, 0) is 10.5 Å². The van der Waals surface area contributed by atoms with Crippen molar-refractivity contribution in [3.05, 3.63) is 30.1 Å². The third kappa shape index (κ3) is 4.84. The quantitative estimate of drug-likeness (QED) is 0.830. The van der Waals surface area contributed by atoms with Gasteiger partial charge in [-0.05, 0) is 19.1 Å². The monoisotopic (exact) mass is 279 g/mol. The summed E-state index contributed by atoms with van der Waals surface area (Å²) >= 11 is 1.77. The molecule has 0 radical (unpaired) electrons. The summed E-state index contributed by atoms with van der Waals surface area (Å²) in [4.78, 5) is 18.3. The summed E-state index contributed by atoms with van der Waals surface area (Å²) in [6, 6.07) is 6.35.